The lowest BCUT2D eigenvalue weighted by Crippen LogP contribution is -2.39. The highest BCUT2D eigenvalue weighted by atomic mass is 16.5. The number of amides is 1. The molecule has 1 aliphatic rings. The molecule has 128 valence electrons. The van der Waals surface area contributed by atoms with E-state index in [0.29, 0.717) is 18.2 Å². The van der Waals surface area contributed by atoms with Gasteiger partial charge in [-0.25, -0.2) is 4.98 Å². The summed E-state index contributed by atoms with van der Waals surface area (Å²) in [5.74, 6) is 0.479. The van der Waals surface area contributed by atoms with Crippen LogP contribution in [0.2, 0.25) is 0 Å². The number of carbonyl (C=O) groups excluding carboxylic acids is 1. The summed E-state index contributed by atoms with van der Waals surface area (Å²) in [6.07, 6.45) is 2.70. The smallest absolute Gasteiger partial charge is 0.269 e. The van der Waals surface area contributed by atoms with Crippen molar-refractivity contribution in [3.63, 3.8) is 0 Å². The molecule has 23 heavy (non-hydrogen) atoms. The number of carbonyl (C=O) groups is 1. The summed E-state index contributed by atoms with van der Waals surface area (Å²) >= 11 is 0. The minimum atomic E-state index is -0.106. The van der Waals surface area contributed by atoms with Gasteiger partial charge in [-0.2, -0.15) is 0 Å². The summed E-state index contributed by atoms with van der Waals surface area (Å²) < 4.78 is 5.33. The third-order valence-electron chi connectivity index (χ3n) is 3.86. The van der Waals surface area contributed by atoms with E-state index in [4.69, 9.17) is 4.74 Å². The maximum atomic E-state index is 11.9. The molecular formula is C17H28N4O2. The predicted octanol–water partition coefficient (Wildman–Crippen LogP) is 1.60. The highest BCUT2D eigenvalue weighted by Crippen LogP contribution is 2.06. The number of nitrogens with one attached hydrogen (secondary N) is 2. The summed E-state index contributed by atoms with van der Waals surface area (Å²) in [5, 5.41) is 6.24. The number of morpholine rings is 1. The lowest BCUT2D eigenvalue weighted by atomic mass is 10.1. The molecule has 1 saturated heterocycles. The van der Waals surface area contributed by atoms with Gasteiger partial charge in [-0.1, -0.05) is 13.8 Å². The van der Waals surface area contributed by atoms with Gasteiger partial charge in [0.25, 0.3) is 5.91 Å². The van der Waals surface area contributed by atoms with Gasteiger partial charge in [-0.15, -0.1) is 0 Å². The van der Waals surface area contributed by atoms with E-state index in [1.807, 2.05) is 6.07 Å². The van der Waals surface area contributed by atoms with Crippen molar-refractivity contribution in [2.75, 3.05) is 51.3 Å². The van der Waals surface area contributed by atoms with Crippen LogP contribution in [0.1, 0.15) is 30.8 Å². The molecule has 2 rings (SSSR count). The zero-order chi connectivity index (χ0) is 16.5. The molecule has 6 heteroatoms. The molecule has 0 radical (unpaired) electrons. The zero-order valence-electron chi connectivity index (χ0n) is 14.2. The summed E-state index contributed by atoms with van der Waals surface area (Å²) in [5.41, 5.74) is 1.41. The Hall–Kier alpha value is -1.66. The number of hydrogen-bond donors (Lipinski definition) is 2. The zero-order valence-corrected chi connectivity index (χ0v) is 14.2. The molecule has 1 aromatic rings. The van der Waals surface area contributed by atoms with Crippen molar-refractivity contribution in [3.8, 4) is 0 Å². The molecule has 1 aromatic heterocycles. The minimum absolute atomic E-state index is 0.106. The number of pyridine rings is 1. The highest BCUT2D eigenvalue weighted by Gasteiger charge is 2.10. The van der Waals surface area contributed by atoms with Crippen LogP contribution >= 0.6 is 0 Å². The van der Waals surface area contributed by atoms with E-state index in [0.717, 1.165) is 51.5 Å². The lowest BCUT2D eigenvalue weighted by Gasteiger charge is -2.26. The van der Waals surface area contributed by atoms with E-state index in [-0.39, 0.29) is 5.91 Å². The van der Waals surface area contributed by atoms with Gasteiger partial charge in [0.1, 0.15) is 5.69 Å². The van der Waals surface area contributed by atoms with Crippen LogP contribution in [-0.4, -0.2) is 61.7 Å². The van der Waals surface area contributed by atoms with Gasteiger partial charge in [0, 0.05) is 32.7 Å². The first kappa shape index (κ1) is 17.7. The molecule has 0 saturated carbocycles. The Morgan fingerprint density at radius 2 is 2.09 bits per heavy atom. The van der Waals surface area contributed by atoms with Crippen molar-refractivity contribution in [1.29, 1.82) is 0 Å². The van der Waals surface area contributed by atoms with E-state index in [1.54, 1.807) is 12.3 Å². The Morgan fingerprint density at radius 1 is 1.30 bits per heavy atom. The van der Waals surface area contributed by atoms with Gasteiger partial charge in [0.15, 0.2) is 0 Å². The van der Waals surface area contributed by atoms with Crippen molar-refractivity contribution in [2.45, 2.75) is 20.3 Å². The molecule has 0 unspecified atom stereocenters. The molecule has 0 bridgehead atoms. The molecule has 0 aromatic carbocycles. The Balaban J connectivity index is 1.70. The van der Waals surface area contributed by atoms with Gasteiger partial charge in [-0.05, 0) is 24.5 Å². The second kappa shape index (κ2) is 9.47. The molecule has 1 amide bonds. The molecule has 0 atom stereocenters. The molecule has 1 fully saturated rings. The fourth-order valence-electron chi connectivity index (χ4n) is 2.38. The van der Waals surface area contributed by atoms with Crippen molar-refractivity contribution in [2.24, 2.45) is 5.92 Å². The van der Waals surface area contributed by atoms with Crippen LogP contribution in [0.4, 0.5) is 5.69 Å². The van der Waals surface area contributed by atoms with Crippen molar-refractivity contribution >= 4 is 11.6 Å². The van der Waals surface area contributed by atoms with Crippen LogP contribution in [0.15, 0.2) is 18.3 Å². The number of nitrogens with zero attached hydrogens (tertiary/aromatic N) is 2. The molecular weight excluding hydrogens is 292 g/mol. The molecule has 0 spiro atoms. The predicted molar refractivity (Wildman–Crippen MR) is 91.8 cm³/mol. The molecule has 2 heterocycles. The number of ether oxygens (including phenoxy) is 1. The lowest BCUT2D eigenvalue weighted by molar-refractivity contribution is 0.0398. The third kappa shape index (κ3) is 6.54. The van der Waals surface area contributed by atoms with Crippen molar-refractivity contribution in [1.82, 2.24) is 15.2 Å². The fourth-order valence-corrected chi connectivity index (χ4v) is 2.38. The normalized spacial score (nSPS) is 15.6. The summed E-state index contributed by atoms with van der Waals surface area (Å²) in [6.45, 7) is 10.5. The second-order valence-electron chi connectivity index (χ2n) is 6.25. The van der Waals surface area contributed by atoms with E-state index in [2.05, 4.69) is 34.4 Å². The number of aromatic nitrogens is 1. The summed E-state index contributed by atoms with van der Waals surface area (Å²) in [7, 11) is 0. The number of anilines is 1. The van der Waals surface area contributed by atoms with E-state index in [9.17, 15) is 4.79 Å². The number of hydrogen-bond acceptors (Lipinski definition) is 5. The minimum Gasteiger partial charge on any atom is -0.383 e. The van der Waals surface area contributed by atoms with Gasteiger partial charge in [0.05, 0.1) is 25.1 Å². The van der Waals surface area contributed by atoms with Crippen LogP contribution < -0.4 is 10.6 Å². The third-order valence-corrected chi connectivity index (χ3v) is 3.86. The van der Waals surface area contributed by atoms with Gasteiger partial charge in [0.2, 0.25) is 0 Å². The van der Waals surface area contributed by atoms with E-state index in [1.165, 1.54) is 0 Å². The molecule has 6 nitrogen and oxygen atoms in total. The van der Waals surface area contributed by atoms with Gasteiger partial charge in [-0.3, -0.25) is 9.69 Å². The van der Waals surface area contributed by atoms with Gasteiger partial charge >= 0.3 is 0 Å². The largest absolute Gasteiger partial charge is 0.383 e. The first-order valence-electron chi connectivity index (χ1n) is 8.43. The van der Waals surface area contributed by atoms with E-state index < -0.39 is 0 Å². The SMILES string of the molecule is CC(C)CCNC(=O)c1ccc(NCCN2CCOCC2)cn1. The van der Waals surface area contributed by atoms with Gasteiger partial charge < -0.3 is 15.4 Å². The van der Waals surface area contributed by atoms with Crippen LogP contribution in [0.5, 0.6) is 0 Å². The van der Waals surface area contributed by atoms with E-state index >= 15 is 0 Å². The maximum Gasteiger partial charge on any atom is 0.269 e. The summed E-state index contributed by atoms with van der Waals surface area (Å²) in [6, 6.07) is 3.67. The van der Waals surface area contributed by atoms with Crippen LogP contribution in [0, 0.1) is 5.92 Å². The van der Waals surface area contributed by atoms with Crippen LogP contribution in [0.3, 0.4) is 0 Å². The average molecular weight is 320 g/mol. The fraction of sp³-hybridized carbons (Fsp3) is 0.647. The maximum absolute atomic E-state index is 11.9. The standard InChI is InChI=1S/C17H28N4O2/c1-14(2)5-6-19-17(22)16-4-3-15(13-20-16)18-7-8-21-9-11-23-12-10-21/h3-4,13-14,18H,5-12H2,1-2H3,(H,19,22). The highest BCUT2D eigenvalue weighted by molar-refractivity contribution is 5.92. The van der Waals surface area contributed by atoms with Crippen LogP contribution in [0.25, 0.3) is 0 Å². The Bertz CT molecular complexity index is 470. The molecule has 2 N–H and O–H groups in total. The van der Waals surface area contributed by atoms with Crippen LogP contribution in [-0.2, 0) is 4.74 Å². The van der Waals surface area contributed by atoms with Crippen molar-refractivity contribution < 1.29 is 9.53 Å². The Morgan fingerprint density at radius 3 is 2.74 bits per heavy atom. The second-order valence-corrected chi connectivity index (χ2v) is 6.25. The quantitative estimate of drug-likeness (QED) is 0.762. The Labute approximate surface area is 138 Å². The first-order chi connectivity index (χ1) is 11.1. The molecule has 1 aliphatic heterocycles. The monoisotopic (exact) mass is 320 g/mol. The Kier molecular flexibility index (Phi) is 7.29. The summed E-state index contributed by atoms with van der Waals surface area (Å²) in [4.78, 5) is 18.6. The van der Waals surface area contributed by atoms with Crippen molar-refractivity contribution in [3.05, 3.63) is 24.0 Å². The first-order valence-corrected chi connectivity index (χ1v) is 8.43. The number of rotatable bonds is 8. The average Bonchev–Trinajstić information content (AvgIpc) is 2.56. The topological polar surface area (TPSA) is 66.5 Å². The molecule has 0 aliphatic carbocycles.